The summed E-state index contributed by atoms with van der Waals surface area (Å²) >= 11 is 0. The van der Waals surface area contributed by atoms with Gasteiger partial charge in [-0.1, -0.05) is 12.1 Å². The van der Waals surface area contributed by atoms with Gasteiger partial charge in [0.2, 0.25) is 5.91 Å². The van der Waals surface area contributed by atoms with Gasteiger partial charge in [-0.3, -0.25) is 4.79 Å². The number of hydrogen-bond acceptors (Lipinski definition) is 2. The van der Waals surface area contributed by atoms with Crippen LogP contribution in [0.2, 0.25) is 0 Å². The second kappa shape index (κ2) is 5.52. The van der Waals surface area contributed by atoms with Crippen LogP contribution in [-0.4, -0.2) is 23.7 Å². The minimum atomic E-state index is -0.243. The van der Waals surface area contributed by atoms with Crippen molar-refractivity contribution in [3.8, 4) is 0 Å². The third kappa shape index (κ3) is 3.01. The minimum Gasteiger partial charge on any atom is -0.396 e. The summed E-state index contributed by atoms with van der Waals surface area (Å²) in [7, 11) is 0. The monoisotopic (exact) mass is 277 g/mol. The maximum Gasteiger partial charge on any atom is 0.223 e. The molecule has 0 aliphatic heterocycles. The number of hydrogen-bond donors (Lipinski definition) is 2. The van der Waals surface area contributed by atoms with Gasteiger partial charge >= 0.3 is 0 Å². The molecule has 2 N–H and O–H groups in total. The Kier molecular flexibility index (Phi) is 3.74. The van der Waals surface area contributed by atoms with Crippen molar-refractivity contribution >= 4 is 5.91 Å². The highest BCUT2D eigenvalue weighted by molar-refractivity contribution is 5.83. The van der Waals surface area contributed by atoms with Crippen molar-refractivity contribution in [2.45, 2.75) is 37.6 Å². The summed E-state index contributed by atoms with van der Waals surface area (Å²) in [5.41, 5.74) is 1.04. The molecule has 0 spiro atoms. The lowest BCUT2D eigenvalue weighted by atomic mass is 10.1. The number of aliphatic hydroxyl groups excluding tert-OH is 1. The first-order valence-corrected chi connectivity index (χ1v) is 7.35. The first kappa shape index (κ1) is 13.6. The molecule has 0 saturated heterocycles. The number of benzene rings is 1. The van der Waals surface area contributed by atoms with Crippen LogP contribution in [0.15, 0.2) is 24.3 Å². The van der Waals surface area contributed by atoms with E-state index < -0.39 is 0 Å². The summed E-state index contributed by atoms with van der Waals surface area (Å²) in [5, 5.41) is 12.1. The minimum absolute atomic E-state index is 0.0143. The number of rotatable bonds is 6. The smallest absolute Gasteiger partial charge is 0.223 e. The van der Waals surface area contributed by atoms with Gasteiger partial charge in [0.25, 0.3) is 0 Å². The lowest BCUT2D eigenvalue weighted by Gasteiger charge is -2.17. The van der Waals surface area contributed by atoms with Crippen LogP contribution < -0.4 is 5.32 Å². The number of aliphatic hydroxyl groups is 1. The topological polar surface area (TPSA) is 49.3 Å². The van der Waals surface area contributed by atoms with Crippen molar-refractivity contribution in [1.82, 2.24) is 5.32 Å². The second-order valence-corrected chi connectivity index (χ2v) is 5.97. The molecule has 3 nitrogen and oxygen atoms in total. The average molecular weight is 277 g/mol. The normalized spacial score (nSPS) is 26.1. The van der Waals surface area contributed by atoms with Crippen molar-refractivity contribution < 1.29 is 14.3 Å². The second-order valence-electron chi connectivity index (χ2n) is 5.97. The molecule has 3 unspecified atom stereocenters. The van der Waals surface area contributed by atoms with E-state index in [1.165, 1.54) is 12.1 Å². The van der Waals surface area contributed by atoms with Gasteiger partial charge in [-0.25, -0.2) is 4.39 Å². The fourth-order valence-electron chi connectivity index (χ4n) is 2.92. The standard InChI is InChI=1S/C16H20FNO2/c17-12-5-3-10(4-6-12)13-9-14(13)16(20)18-15(7-8-19)11-1-2-11/h3-6,11,13-15,19H,1-2,7-9H2,(H,18,20). The Morgan fingerprint density at radius 2 is 2.05 bits per heavy atom. The Labute approximate surface area is 118 Å². The predicted molar refractivity (Wildman–Crippen MR) is 73.6 cm³/mol. The van der Waals surface area contributed by atoms with Crippen LogP contribution in [0.3, 0.4) is 0 Å². The van der Waals surface area contributed by atoms with Gasteiger partial charge in [0.05, 0.1) is 0 Å². The summed E-state index contributed by atoms with van der Waals surface area (Å²) in [4.78, 5) is 12.2. The Morgan fingerprint density at radius 3 is 2.65 bits per heavy atom. The SMILES string of the molecule is O=C(NC(CCO)C1CC1)C1CC1c1ccc(F)cc1. The van der Waals surface area contributed by atoms with E-state index in [1.54, 1.807) is 12.1 Å². The van der Waals surface area contributed by atoms with Crippen LogP contribution in [0, 0.1) is 17.7 Å². The number of carbonyl (C=O) groups is 1. The molecule has 0 bridgehead atoms. The summed E-state index contributed by atoms with van der Waals surface area (Å²) < 4.78 is 12.9. The Bertz CT molecular complexity index is 484. The fourth-order valence-corrected chi connectivity index (χ4v) is 2.92. The highest BCUT2D eigenvalue weighted by Gasteiger charge is 2.45. The maximum atomic E-state index is 12.9. The number of halogens is 1. The van der Waals surface area contributed by atoms with Gasteiger partial charge in [-0.15, -0.1) is 0 Å². The molecule has 0 radical (unpaired) electrons. The molecule has 2 saturated carbocycles. The molecular weight excluding hydrogens is 257 g/mol. The third-order valence-corrected chi connectivity index (χ3v) is 4.38. The lowest BCUT2D eigenvalue weighted by Crippen LogP contribution is -2.38. The van der Waals surface area contributed by atoms with E-state index in [1.807, 2.05) is 0 Å². The summed E-state index contributed by atoms with van der Waals surface area (Å²) in [6.07, 6.45) is 3.78. The molecule has 0 aromatic heterocycles. The van der Waals surface area contributed by atoms with Crippen LogP contribution in [0.5, 0.6) is 0 Å². The van der Waals surface area contributed by atoms with Crippen molar-refractivity contribution in [3.63, 3.8) is 0 Å². The molecule has 2 aliphatic carbocycles. The van der Waals surface area contributed by atoms with E-state index in [0.29, 0.717) is 12.3 Å². The zero-order chi connectivity index (χ0) is 14.1. The molecule has 1 amide bonds. The van der Waals surface area contributed by atoms with Crippen molar-refractivity contribution in [2.75, 3.05) is 6.61 Å². The highest BCUT2D eigenvalue weighted by Crippen LogP contribution is 2.48. The zero-order valence-electron chi connectivity index (χ0n) is 11.4. The van der Waals surface area contributed by atoms with Gasteiger partial charge in [0, 0.05) is 18.6 Å². The Morgan fingerprint density at radius 1 is 1.35 bits per heavy atom. The first-order chi connectivity index (χ1) is 9.69. The molecule has 2 fully saturated rings. The van der Waals surface area contributed by atoms with Crippen molar-refractivity contribution in [2.24, 2.45) is 11.8 Å². The third-order valence-electron chi connectivity index (χ3n) is 4.38. The van der Waals surface area contributed by atoms with E-state index in [-0.39, 0.29) is 36.2 Å². The van der Waals surface area contributed by atoms with Crippen molar-refractivity contribution in [1.29, 1.82) is 0 Å². The Hall–Kier alpha value is -1.42. The maximum absolute atomic E-state index is 12.9. The van der Waals surface area contributed by atoms with E-state index in [9.17, 15) is 9.18 Å². The molecule has 0 heterocycles. The summed E-state index contributed by atoms with van der Waals surface area (Å²) in [6, 6.07) is 6.54. The van der Waals surface area contributed by atoms with E-state index in [4.69, 9.17) is 5.11 Å². The summed E-state index contributed by atoms with van der Waals surface area (Å²) in [6.45, 7) is 0.119. The molecule has 3 atom stereocenters. The predicted octanol–water partition coefficient (Wildman–Crippen LogP) is 2.21. The van der Waals surface area contributed by atoms with Crippen LogP contribution in [-0.2, 0) is 4.79 Å². The number of carbonyl (C=O) groups excluding carboxylic acids is 1. The van der Waals surface area contributed by atoms with Crippen LogP contribution in [0.1, 0.15) is 37.2 Å². The highest BCUT2D eigenvalue weighted by atomic mass is 19.1. The van der Waals surface area contributed by atoms with Gasteiger partial charge in [0.1, 0.15) is 5.82 Å². The quantitative estimate of drug-likeness (QED) is 0.837. The van der Waals surface area contributed by atoms with Gasteiger partial charge < -0.3 is 10.4 Å². The summed E-state index contributed by atoms with van der Waals surface area (Å²) in [5.74, 6) is 0.635. The van der Waals surface area contributed by atoms with E-state index >= 15 is 0 Å². The molecule has 2 aliphatic rings. The number of nitrogens with one attached hydrogen (secondary N) is 1. The van der Waals surface area contributed by atoms with Gasteiger partial charge in [0.15, 0.2) is 0 Å². The zero-order valence-corrected chi connectivity index (χ0v) is 11.4. The van der Waals surface area contributed by atoms with Crippen molar-refractivity contribution in [3.05, 3.63) is 35.6 Å². The van der Waals surface area contributed by atoms with Crippen LogP contribution in [0.25, 0.3) is 0 Å². The van der Waals surface area contributed by atoms with Gasteiger partial charge in [-0.2, -0.15) is 0 Å². The Balaban J connectivity index is 1.55. The molecule has 4 heteroatoms. The number of amides is 1. The van der Waals surface area contributed by atoms with E-state index in [2.05, 4.69) is 5.32 Å². The van der Waals surface area contributed by atoms with Gasteiger partial charge in [-0.05, 0) is 55.2 Å². The first-order valence-electron chi connectivity index (χ1n) is 7.35. The average Bonchev–Trinajstić information content (AvgIpc) is 3.31. The molecule has 3 rings (SSSR count). The van der Waals surface area contributed by atoms with Crippen LogP contribution in [0.4, 0.5) is 4.39 Å². The fraction of sp³-hybridized carbons (Fsp3) is 0.562. The molecule has 1 aromatic rings. The molecule has 108 valence electrons. The lowest BCUT2D eigenvalue weighted by molar-refractivity contribution is -0.123. The van der Waals surface area contributed by atoms with E-state index in [0.717, 1.165) is 24.8 Å². The molecule has 20 heavy (non-hydrogen) atoms. The molecule has 1 aromatic carbocycles. The largest absolute Gasteiger partial charge is 0.396 e. The van der Waals surface area contributed by atoms with Crippen LogP contribution >= 0.6 is 0 Å². The molecular formula is C16H20FNO2.